The van der Waals surface area contributed by atoms with Crippen LogP contribution < -0.4 is 0 Å². The Balaban J connectivity index is 1.88. The van der Waals surface area contributed by atoms with Crippen molar-refractivity contribution in [3.05, 3.63) is 58.5 Å². The van der Waals surface area contributed by atoms with Crippen LogP contribution >= 0.6 is 0 Å². The zero-order chi connectivity index (χ0) is 15.0. The number of methoxy groups -OCH3 is 1. The number of aryl methyl sites for hydroxylation is 1. The van der Waals surface area contributed by atoms with E-state index in [9.17, 15) is 9.59 Å². The molecular weight excluding hydrogens is 268 g/mol. The van der Waals surface area contributed by atoms with E-state index in [1.165, 1.54) is 13.4 Å². The topological polar surface area (TPSA) is 56.5 Å². The van der Waals surface area contributed by atoms with Gasteiger partial charge in [-0.3, -0.25) is 9.59 Å². The number of benzene rings is 1. The molecule has 4 nitrogen and oxygen atoms in total. The van der Waals surface area contributed by atoms with E-state index < -0.39 is 0 Å². The average Bonchev–Trinajstić information content (AvgIpc) is 3.10. The van der Waals surface area contributed by atoms with Crippen molar-refractivity contribution in [1.82, 2.24) is 0 Å². The molecule has 4 heteroatoms. The number of ketones is 1. The van der Waals surface area contributed by atoms with E-state index >= 15 is 0 Å². The van der Waals surface area contributed by atoms with Crippen molar-refractivity contribution >= 4 is 11.8 Å². The highest BCUT2D eigenvalue weighted by Gasteiger charge is 2.29. The van der Waals surface area contributed by atoms with Gasteiger partial charge in [-0.05, 0) is 48.6 Å². The van der Waals surface area contributed by atoms with Crippen molar-refractivity contribution in [2.45, 2.75) is 19.8 Å². The smallest absolute Gasteiger partial charge is 0.309 e. The number of ether oxygens (including phenoxy) is 1. The number of hydrogen-bond acceptors (Lipinski definition) is 4. The van der Waals surface area contributed by atoms with Crippen LogP contribution in [0.1, 0.15) is 32.8 Å². The molecule has 2 aromatic rings. The van der Waals surface area contributed by atoms with Crippen LogP contribution in [0.2, 0.25) is 0 Å². The molecule has 0 fully saturated rings. The summed E-state index contributed by atoms with van der Waals surface area (Å²) in [5.74, 6) is -0.0825. The van der Waals surface area contributed by atoms with E-state index in [1.807, 2.05) is 19.1 Å². The molecular formula is C17H16O4. The van der Waals surface area contributed by atoms with Crippen LogP contribution in [0.25, 0.3) is 0 Å². The van der Waals surface area contributed by atoms with Crippen molar-refractivity contribution in [2.24, 2.45) is 5.92 Å². The highest BCUT2D eigenvalue weighted by molar-refractivity contribution is 6.08. The number of esters is 1. The zero-order valence-corrected chi connectivity index (χ0v) is 12.0. The molecule has 1 aliphatic rings. The van der Waals surface area contributed by atoms with Crippen LogP contribution in [0.15, 0.2) is 34.9 Å². The van der Waals surface area contributed by atoms with Crippen molar-refractivity contribution in [3.8, 4) is 0 Å². The summed E-state index contributed by atoms with van der Waals surface area (Å²) in [6, 6.07) is 7.35. The predicted octanol–water partition coefficient (Wildman–Crippen LogP) is 2.71. The van der Waals surface area contributed by atoms with Gasteiger partial charge in [0.05, 0.1) is 19.3 Å². The Morgan fingerprint density at radius 2 is 1.95 bits per heavy atom. The number of rotatable bonds is 3. The first-order valence-electron chi connectivity index (χ1n) is 6.88. The molecule has 21 heavy (non-hydrogen) atoms. The Labute approximate surface area is 122 Å². The Bertz CT molecular complexity index is 711. The van der Waals surface area contributed by atoms with Gasteiger partial charge in [0.1, 0.15) is 0 Å². The predicted molar refractivity (Wildman–Crippen MR) is 76.2 cm³/mol. The molecule has 0 radical (unpaired) electrons. The molecule has 0 spiro atoms. The fourth-order valence-corrected chi connectivity index (χ4v) is 2.83. The standard InChI is InChI=1S/C17H16O4/c1-10-5-6-21-16(10)15(18)12-4-3-11-7-14(17(19)20-2)9-13(11)8-12/h3-6,8,14H,7,9H2,1-2H3. The largest absolute Gasteiger partial charge is 0.469 e. The summed E-state index contributed by atoms with van der Waals surface area (Å²) in [5.41, 5.74) is 3.57. The quantitative estimate of drug-likeness (QED) is 0.642. The average molecular weight is 284 g/mol. The van der Waals surface area contributed by atoms with E-state index in [0.29, 0.717) is 24.2 Å². The Hall–Kier alpha value is -2.36. The Morgan fingerprint density at radius 3 is 2.62 bits per heavy atom. The number of carbonyl (C=O) groups excluding carboxylic acids is 2. The first kappa shape index (κ1) is 13.6. The minimum absolute atomic E-state index is 0.123. The lowest BCUT2D eigenvalue weighted by molar-refractivity contribution is -0.145. The lowest BCUT2D eigenvalue weighted by Gasteiger charge is -2.04. The molecule has 1 aromatic carbocycles. The van der Waals surface area contributed by atoms with E-state index in [0.717, 1.165) is 16.7 Å². The van der Waals surface area contributed by atoms with Crippen LogP contribution in [0.5, 0.6) is 0 Å². The third-order valence-corrected chi connectivity index (χ3v) is 4.00. The third kappa shape index (κ3) is 2.37. The summed E-state index contributed by atoms with van der Waals surface area (Å²) < 4.78 is 10.0. The highest BCUT2D eigenvalue weighted by atomic mass is 16.5. The van der Waals surface area contributed by atoms with Crippen LogP contribution in [0.4, 0.5) is 0 Å². The molecule has 0 N–H and O–H groups in total. The second-order valence-electron chi connectivity index (χ2n) is 5.37. The second kappa shape index (κ2) is 5.20. The maximum atomic E-state index is 12.4. The van der Waals surface area contributed by atoms with E-state index in [4.69, 9.17) is 9.15 Å². The molecule has 0 amide bonds. The van der Waals surface area contributed by atoms with Gasteiger partial charge in [-0.1, -0.05) is 12.1 Å². The molecule has 0 saturated heterocycles. The molecule has 1 atom stereocenters. The van der Waals surface area contributed by atoms with Crippen LogP contribution in [-0.4, -0.2) is 18.9 Å². The van der Waals surface area contributed by atoms with Crippen molar-refractivity contribution < 1.29 is 18.7 Å². The van der Waals surface area contributed by atoms with Gasteiger partial charge in [0, 0.05) is 5.56 Å². The SMILES string of the molecule is COC(=O)C1Cc2ccc(C(=O)c3occc3C)cc2C1. The molecule has 0 bridgehead atoms. The summed E-state index contributed by atoms with van der Waals surface area (Å²) >= 11 is 0. The molecule has 0 saturated carbocycles. The molecule has 1 aromatic heterocycles. The molecule has 108 valence electrons. The highest BCUT2D eigenvalue weighted by Crippen LogP contribution is 2.29. The first-order chi connectivity index (χ1) is 10.1. The minimum Gasteiger partial charge on any atom is -0.469 e. The minimum atomic E-state index is -0.194. The number of carbonyl (C=O) groups is 2. The van der Waals surface area contributed by atoms with Crippen LogP contribution in [0.3, 0.4) is 0 Å². The molecule has 1 heterocycles. The lowest BCUT2D eigenvalue weighted by Crippen LogP contribution is -2.15. The fourth-order valence-electron chi connectivity index (χ4n) is 2.83. The third-order valence-electron chi connectivity index (χ3n) is 4.00. The van der Waals surface area contributed by atoms with E-state index in [1.54, 1.807) is 12.1 Å². The van der Waals surface area contributed by atoms with Gasteiger partial charge < -0.3 is 9.15 Å². The number of fused-ring (bicyclic) bond motifs is 1. The Morgan fingerprint density at radius 1 is 1.19 bits per heavy atom. The number of hydrogen-bond donors (Lipinski definition) is 0. The van der Waals surface area contributed by atoms with Gasteiger partial charge in [-0.2, -0.15) is 0 Å². The van der Waals surface area contributed by atoms with E-state index in [2.05, 4.69) is 0 Å². The first-order valence-corrected chi connectivity index (χ1v) is 6.88. The molecule has 1 unspecified atom stereocenters. The van der Waals surface area contributed by atoms with E-state index in [-0.39, 0.29) is 17.7 Å². The van der Waals surface area contributed by atoms with Gasteiger partial charge in [-0.15, -0.1) is 0 Å². The van der Waals surface area contributed by atoms with Crippen molar-refractivity contribution in [1.29, 1.82) is 0 Å². The summed E-state index contributed by atoms with van der Waals surface area (Å²) in [6.45, 7) is 1.84. The summed E-state index contributed by atoms with van der Waals surface area (Å²) in [5, 5.41) is 0. The van der Waals surface area contributed by atoms with Crippen LogP contribution in [-0.2, 0) is 22.4 Å². The van der Waals surface area contributed by atoms with Gasteiger partial charge in [0.2, 0.25) is 5.78 Å². The Kier molecular flexibility index (Phi) is 3.37. The number of furan rings is 1. The normalized spacial score (nSPS) is 16.6. The maximum absolute atomic E-state index is 12.4. The summed E-state index contributed by atoms with van der Waals surface area (Å²) in [7, 11) is 1.40. The van der Waals surface area contributed by atoms with Gasteiger partial charge in [-0.25, -0.2) is 0 Å². The zero-order valence-electron chi connectivity index (χ0n) is 12.0. The molecule has 3 rings (SSSR count). The monoisotopic (exact) mass is 284 g/mol. The second-order valence-corrected chi connectivity index (χ2v) is 5.37. The van der Waals surface area contributed by atoms with Crippen LogP contribution in [0, 0.1) is 12.8 Å². The van der Waals surface area contributed by atoms with Gasteiger partial charge in [0.15, 0.2) is 5.76 Å². The fraction of sp³-hybridized carbons (Fsp3) is 0.294. The van der Waals surface area contributed by atoms with Gasteiger partial charge >= 0.3 is 5.97 Å². The van der Waals surface area contributed by atoms with Crippen molar-refractivity contribution in [2.75, 3.05) is 7.11 Å². The maximum Gasteiger partial charge on any atom is 0.309 e. The van der Waals surface area contributed by atoms with Crippen molar-refractivity contribution in [3.63, 3.8) is 0 Å². The summed E-state index contributed by atoms with van der Waals surface area (Å²) in [4.78, 5) is 24.0. The molecule has 1 aliphatic carbocycles. The van der Waals surface area contributed by atoms with Gasteiger partial charge in [0.25, 0.3) is 0 Å². The lowest BCUT2D eigenvalue weighted by atomic mass is 10.0. The summed E-state index contributed by atoms with van der Waals surface area (Å²) in [6.07, 6.45) is 2.82. The molecule has 0 aliphatic heterocycles.